The van der Waals surface area contributed by atoms with E-state index < -0.39 is 5.54 Å². The van der Waals surface area contributed by atoms with E-state index in [1.807, 2.05) is 39.0 Å². The lowest BCUT2D eigenvalue weighted by atomic mass is 9.96. The Hall–Kier alpha value is -1.88. The number of fused-ring (bicyclic) bond motifs is 2. The van der Waals surface area contributed by atoms with Gasteiger partial charge in [0.05, 0.1) is 5.54 Å². The topological polar surface area (TPSA) is 67.2 Å². The van der Waals surface area contributed by atoms with E-state index >= 15 is 0 Å². The number of para-hydroxylation sites is 1. The van der Waals surface area contributed by atoms with Crippen LogP contribution in [0.15, 0.2) is 22.7 Å². The summed E-state index contributed by atoms with van der Waals surface area (Å²) in [6, 6.07) is 5.99. The maximum Gasteiger partial charge on any atom is 0.224 e. The maximum atomic E-state index is 12.5. The first-order valence-electron chi connectivity index (χ1n) is 7.87. The highest BCUT2D eigenvalue weighted by molar-refractivity contribution is 5.86. The number of amides is 1. The van der Waals surface area contributed by atoms with E-state index in [1.165, 1.54) is 0 Å². The quantitative estimate of drug-likeness (QED) is 0.909. The van der Waals surface area contributed by atoms with Crippen LogP contribution in [0.4, 0.5) is 0 Å². The van der Waals surface area contributed by atoms with Crippen LogP contribution in [0.2, 0.25) is 0 Å². The van der Waals surface area contributed by atoms with Gasteiger partial charge >= 0.3 is 0 Å². The highest BCUT2D eigenvalue weighted by Gasteiger charge is 2.57. The molecule has 2 heterocycles. The molecule has 2 N–H and O–H groups in total. The molecule has 1 saturated heterocycles. The summed E-state index contributed by atoms with van der Waals surface area (Å²) < 4.78 is 5.49. The van der Waals surface area contributed by atoms with E-state index in [-0.39, 0.29) is 11.8 Å². The normalized spacial score (nSPS) is 27.0. The van der Waals surface area contributed by atoms with Crippen molar-refractivity contribution in [1.82, 2.24) is 15.8 Å². The molecule has 1 amide bonds. The molecule has 1 aliphatic carbocycles. The Morgan fingerprint density at radius 1 is 1.36 bits per heavy atom. The third-order valence-electron chi connectivity index (χ3n) is 5.12. The van der Waals surface area contributed by atoms with Crippen LogP contribution in [-0.2, 0) is 10.3 Å². The number of aryl methyl sites for hydroxylation is 1. The minimum absolute atomic E-state index is 0.144. The SMILES string of the molecule is Cc1cccc2c(C(C)(C)NC(=O)[C@@H]3C4CNC[C@H]43)noc12. The van der Waals surface area contributed by atoms with E-state index in [2.05, 4.69) is 15.8 Å². The molecule has 22 heavy (non-hydrogen) atoms. The Bertz CT molecular complexity index is 739. The molecular formula is C17H21N3O2. The van der Waals surface area contributed by atoms with E-state index in [0.717, 1.165) is 35.3 Å². The molecule has 2 aliphatic rings. The van der Waals surface area contributed by atoms with E-state index in [0.29, 0.717) is 11.8 Å². The monoisotopic (exact) mass is 299 g/mol. The number of benzene rings is 1. The van der Waals surface area contributed by atoms with Crippen molar-refractivity contribution >= 4 is 16.9 Å². The molecule has 116 valence electrons. The largest absolute Gasteiger partial charge is 0.356 e. The molecule has 0 bridgehead atoms. The summed E-state index contributed by atoms with van der Waals surface area (Å²) >= 11 is 0. The molecule has 1 unspecified atom stereocenters. The molecule has 5 heteroatoms. The third-order valence-corrected chi connectivity index (χ3v) is 5.12. The lowest BCUT2D eigenvalue weighted by molar-refractivity contribution is -0.124. The summed E-state index contributed by atoms with van der Waals surface area (Å²) in [5.41, 5.74) is 2.11. The van der Waals surface area contributed by atoms with Crippen molar-refractivity contribution in [2.24, 2.45) is 17.8 Å². The summed E-state index contributed by atoms with van der Waals surface area (Å²) in [4.78, 5) is 12.5. The van der Waals surface area contributed by atoms with E-state index in [1.54, 1.807) is 0 Å². The summed E-state index contributed by atoms with van der Waals surface area (Å²) in [5, 5.41) is 11.7. The van der Waals surface area contributed by atoms with Crippen LogP contribution in [0.25, 0.3) is 11.0 Å². The smallest absolute Gasteiger partial charge is 0.224 e. The number of nitrogens with one attached hydrogen (secondary N) is 2. The number of carbonyl (C=O) groups excluding carboxylic acids is 1. The zero-order valence-corrected chi connectivity index (χ0v) is 13.1. The average molecular weight is 299 g/mol. The Kier molecular flexibility index (Phi) is 2.85. The lowest BCUT2D eigenvalue weighted by Gasteiger charge is -2.24. The van der Waals surface area contributed by atoms with Gasteiger partial charge in [-0.05, 0) is 57.3 Å². The fraction of sp³-hybridized carbons (Fsp3) is 0.529. The molecule has 4 rings (SSSR count). The number of rotatable bonds is 3. The second kappa shape index (κ2) is 4.56. The minimum atomic E-state index is -0.541. The number of nitrogens with zero attached hydrogens (tertiary/aromatic N) is 1. The predicted molar refractivity (Wildman–Crippen MR) is 83.3 cm³/mol. The number of piperidine rings is 1. The second-order valence-electron chi connectivity index (χ2n) is 7.11. The maximum absolute atomic E-state index is 12.5. The van der Waals surface area contributed by atoms with Gasteiger partial charge in [-0.1, -0.05) is 17.3 Å². The van der Waals surface area contributed by atoms with Gasteiger partial charge in [0.25, 0.3) is 0 Å². The summed E-state index contributed by atoms with van der Waals surface area (Å²) in [7, 11) is 0. The Labute approximate surface area is 129 Å². The van der Waals surface area contributed by atoms with Gasteiger partial charge in [0, 0.05) is 11.3 Å². The van der Waals surface area contributed by atoms with Crippen LogP contribution >= 0.6 is 0 Å². The number of hydrogen-bond acceptors (Lipinski definition) is 4. The number of aromatic nitrogens is 1. The highest BCUT2D eigenvalue weighted by Crippen LogP contribution is 2.49. The second-order valence-corrected chi connectivity index (χ2v) is 7.11. The fourth-order valence-corrected chi connectivity index (χ4v) is 3.81. The molecular weight excluding hydrogens is 278 g/mol. The predicted octanol–water partition coefficient (Wildman–Crippen LogP) is 1.95. The Balaban J connectivity index is 1.59. The molecule has 0 spiro atoms. The van der Waals surface area contributed by atoms with Crippen LogP contribution in [0, 0.1) is 24.7 Å². The number of carbonyl (C=O) groups is 1. The lowest BCUT2D eigenvalue weighted by Crippen LogP contribution is -2.43. The van der Waals surface area contributed by atoms with Crippen molar-refractivity contribution in [3.63, 3.8) is 0 Å². The van der Waals surface area contributed by atoms with Crippen molar-refractivity contribution in [2.75, 3.05) is 13.1 Å². The summed E-state index contributed by atoms with van der Waals surface area (Å²) in [5.74, 6) is 1.35. The highest BCUT2D eigenvalue weighted by atomic mass is 16.5. The first-order valence-corrected chi connectivity index (χ1v) is 7.87. The molecule has 2 fully saturated rings. The van der Waals surface area contributed by atoms with Crippen LogP contribution in [0.5, 0.6) is 0 Å². The molecule has 3 atom stereocenters. The zero-order valence-electron chi connectivity index (χ0n) is 13.1. The molecule has 1 saturated carbocycles. The summed E-state index contributed by atoms with van der Waals surface area (Å²) in [6.07, 6.45) is 0. The molecule has 1 aromatic heterocycles. The number of hydrogen-bond donors (Lipinski definition) is 2. The first-order chi connectivity index (χ1) is 10.5. The molecule has 5 nitrogen and oxygen atoms in total. The van der Waals surface area contributed by atoms with E-state index in [4.69, 9.17) is 4.52 Å². The third kappa shape index (κ3) is 1.96. The fourth-order valence-electron chi connectivity index (χ4n) is 3.81. The van der Waals surface area contributed by atoms with Gasteiger partial charge in [-0.25, -0.2) is 0 Å². The van der Waals surface area contributed by atoms with Crippen molar-refractivity contribution < 1.29 is 9.32 Å². The zero-order chi connectivity index (χ0) is 15.5. The van der Waals surface area contributed by atoms with Crippen molar-refractivity contribution in [2.45, 2.75) is 26.3 Å². The van der Waals surface area contributed by atoms with Crippen LogP contribution in [-0.4, -0.2) is 24.2 Å². The first kappa shape index (κ1) is 13.8. The molecule has 0 radical (unpaired) electrons. The van der Waals surface area contributed by atoms with Gasteiger partial charge in [0.1, 0.15) is 5.69 Å². The van der Waals surface area contributed by atoms with Crippen molar-refractivity contribution in [3.8, 4) is 0 Å². The van der Waals surface area contributed by atoms with Gasteiger partial charge < -0.3 is 15.2 Å². The summed E-state index contributed by atoms with van der Waals surface area (Å²) in [6.45, 7) is 7.91. The van der Waals surface area contributed by atoms with Gasteiger partial charge in [-0.15, -0.1) is 0 Å². The Morgan fingerprint density at radius 3 is 2.82 bits per heavy atom. The average Bonchev–Trinajstić information content (AvgIpc) is 2.85. The minimum Gasteiger partial charge on any atom is -0.356 e. The Morgan fingerprint density at radius 2 is 2.09 bits per heavy atom. The molecule has 1 aliphatic heterocycles. The van der Waals surface area contributed by atoms with Gasteiger partial charge in [-0.3, -0.25) is 4.79 Å². The van der Waals surface area contributed by atoms with Crippen LogP contribution < -0.4 is 10.6 Å². The van der Waals surface area contributed by atoms with Gasteiger partial charge in [-0.2, -0.15) is 0 Å². The molecule has 2 aromatic rings. The standard InChI is InChI=1S/C17H21N3O2/c1-9-5-4-6-10-14(9)22-20-15(10)17(2,3)19-16(21)13-11-7-18-8-12(11)13/h4-6,11-13,18H,7-8H2,1-3H3,(H,19,21)/t11-,12?,13+/m1/s1. The van der Waals surface area contributed by atoms with Crippen LogP contribution in [0.3, 0.4) is 0 Å². The van der Waals surface area contributed by atoms with Crippen LogP contribution in [0.1, 0.15) is 25.1 Å². The van der Waals surface area contributed by atoms with Crippen molar-refractivity contribution in [3.05, 3.63) is 29.5 Å². The van der Waals surface area contributed by atoms with Gasteiger partial charge in [0.2, 0.25) is 5.91 Å². The van der Waals surface area contributed by atoms with Crippen molar-refractivity contribution in [1.29, 1.82) is 0 Å². The molecule has 1 aromatic carbocycles. The van der Waals surface area contributed by atoms with E-state index in [9.17, 15) is 4.79 Å². The van der Waals surface area contributed by atoms with Gasteiger partial charge in [0.15, 0.2) is 5.58 Å².